The van der Waals surface area contributed by atoms with Crippen LogP contribution in [0.2, 0.25) is 0 Å². The van der Waals surface area contributed by atoms with Crippen molar-refractivity contribution in [1.29, 1.82) is 0 Å². The van der Waals surface area contributed by atoms with Crippen LogP contribution in [0.15, 0.2) is 0 Å². The largest absolute Gasteiger partial charge is 0.330 e. The van der Waals surface area contributed by atoms with Crippen molar-refractivity contribution < 1.29 is 9.59 Å². The summed E-state index contributed by atoms with van der Waals surface area (Å²) in [5, 5.41) is 2.72. The smallest absolute Gasteiger partial charge is 0.243 e. The van der Waals surface area contributed by atoms with E-state index in [1.165, 1.54) is 4.90 Å². The predicted octanol–water partition coefficient (Wildman–Crippen LogP) is -1.71. The van der Waals surface area contributed by atoms with Gasteiger partial charge in [0, 0.05) is 6.54 Å². The summed E-state index contributed by atoms with van der Waals surface area (Å²) in [6.07, 6.45) is 0.678. The number of nitrogens with one attached hydrogen (secondary N) is 1. The monoisotopic (exact) mass is 171 g/mol. The Kier molecular flexibility index (Phi) is 3.19. The standard InChI is InChI=1S/C7H13N3O2/c8-2-1-3-10-6(11)4-9-5-7(10)12/h9H,1-5,8H2. The fourth-order valence-electron chi connectivity index (χ4n) is 1.11. The first-order valence-corrected chi connectivity index (χ1v) is 3.99. The second-order valence-corrected chi connectivity index (χ2v) is 2.68. The highest BCUT2D eigenvalue weighted by Crippen LogP contribution is 1.96. The molecule has 1 aliphatic rings. The van der Waals surface area contributed by atoms with Gasteiger partial charge in [0.2, 0.25) is 11.8 Å². The van der Waals surface area contributed by atoms with E-state index < -0.39 is 0 Å². The van der Waals surface area contributed by atoms with E-state index in [2.05, 4.69) is 5.32 Å². The fourth-order valence-corrected chi connectivity index (χ4v) is 1.11. The summed E-state index contributed by atoms with van der Waals surface area (Å²) in [6.45, 7) is 1.48. The van der Waals surface area contributed by atoms with Crippen LogP contribution < -0.4 is 11.1 Å². The lowest BCUT2D eigenvalue weighted by Gasteiger charge is -2.25. The summed E-state index contributed by atoms with van der Waals surface area (Å²) in [5.74, 6) is -0.306. The average molecular weight is 171 g/mol. The van der Waals surface area contributed by atoms with Crippen molar-refractivity contribution in [3.05, 3.63) is 0 Å². The molecule has 0 radical (unpaired) electrons. The second kappa shape index (κ2) is 4.18. The first kappa shape index (κ1) is 9.15. The van der Waals surface area contributed by atoms with Crippen molar-refractivity contribution in [3.8, 4) is 0 Å². The number of amides is 2. The van der Waals surface area contributed by atoms with E-state index >= 15 is 0 Å². The van der Waals surface area contributed by atoms with Gasteiger partial charge >= 0.3 is 0 Å². The number of nitrogens with zero attached hydrogens (tertiary/aromatic N) is 1. The maximum atomic E-state index is 11.1. The highest BCUT2D eigenvalue weighted by Gasteiger charge is 2.24. The SMILES string of the molecule is NCCCN1C(=O)CNCC1=O. The molecule has 12 heavy (non-hydrogen) atoms. The van der Waals surface area contributed by atoms with Crippen LogP contribution in [0.3, 0.4) is 0 Å². The third kappa shape index (κ3) is 2.02. The highest BCUT2D eigenvalue weighted by molar-refractivity contribution is 5.99. The van der Waals surface area contributed by atoms with Gasteiger partial charge < -0.3 is 5.73 Å². The first-order valence-electron chi connectivity index (χ1n) is 3.99. The van der Waals surface area contributed by atoms with E-state index in [1.54, 1.807) is 0 Å². The van der Waals surface area contributed by atoms with Crippen molar-refractivity contribution in [2.45, 2.75) is 6.42 Å². The molecule has 1 aliphatic heterocycles. The summed E-state index contributed by atoms with van der Waals surface area (Å²) in [6, 6.07) is 0. The molecule has 1 rings (SSSR count). The molecule has 68 valence electrons. The van der Waals surface area contributed by atoms with Crippen molar-refractivity contribution in [3.63, 3.8) is 0 Å². The Balaban J connectivity index is 2.45. The topological polar surface area (TPSA) is 75.4 Å². The molecule has 5 nitrogen and oxygen atoms in total. The Morgan fingerprint density at radius 2 is 1.92 bits per heavy atom. The highest BCUT2D eigenvalue weighted by atomic mass is 16.2. The van der Waals surface area contributed by atoms with E-state index in [1.807, 2.05) is 0 Å². The molecule has 0 aliphatic carbocycles. The molecule has 0 saturated carbocycles. The van der Waals surface area contributed by atoms with Gasteiger partial charge in [-0.2, -0.15) is 0 Å². The van der Waals surface area contributed by atoms with E-state index in [-0.39, 0.29) is 24.9 Å². The molecule has 0 bridgehead atoms. The van der Waals surface area contributed by atoms with Crippen molar-refractivity contribution in [2.75, 3.05) is 26.2 Å². The quantitative estimate of drug-likeness (QED) is 0.496. The zero-order valence-corrected chi connectivity index (χ0v) is 6.88. The van der Waals surface area contributed by atoms with Gasteiger partial charge in [-0.1, -0.05) is 0 Å². The zero-order valence-electron chi connectivity index (χ0n) is 6.88. The Bertz CT molecular complexity index is 177. The minimum Gasteiger partial charge on any atom is -0.330 e. The first-order chi connectivity index (χ1) is 5.75. The number of hydrogen-bond donors (Lipinski definition) is 2. The van der Waals surface area contributed by atoms with Crippen molar-refractivity contribution in [1.82, 2.24) is 10.2 Å². The van der Waals surface area contributed by atoms with E-state index in [4.69, 9.17) is 5.73 Å². The minimum absolute atomic E-state index is 0.153. The molecule has 0 aromatic rings. The minimum atomic E-state index is -0.153. The van der Waals surface area contributed by atoms with Crippen LogP contribution >= 0.6 is 0 Å². The van der Waals surface area contributed by atoms with E-state index in [0.29, 0.717) is 19.5 Å². The van der Waals surface area contributed by atoms with E-state index in [0.717, 1.165) is 0 Å². The van der Waals surface area contributed by atoms with Crippen LogP contribution in [0.5, 0.6) is 0 Å². The molecule has 1 saturated heterocycles. The molecule has 1 fully saturated rings. The van der Waals surface area contributed by atoms with Crippen molar-refractivity contribution in [2.24, 2.45) is 5.73 Å². The number of imide groups is 1. The Labute approximate surface area is 70.9 Å². The van der Waals surface area contributed by atoms with Crippen LogP contribution in [0, 0.1) is 0 Å². The van der Waals surface area contributed by atoms with E-state index in [9.17, 15) is 9.59 Å². The third-order valence-electron chi connectivity index (χ3n) is 1.74. The molecule has 0 spiro atoms. The predicted molar refractivity (Wildman–Crippen MR) is 43.3 cm³/mol. The zero-order chi connectivity index (χ0) is 8.97. The van der Waals surface area contributed by atoms with Crippen LogP contribution in [-0.2, 0) is 9.59 Å². The molecule has 3 N–H and O–H groups in total. The molecule has 5 heteroatoms. The van der Waals surface area contributed by atoms with Crippen LogP contribution in [0.1, 0.15) is 6.42 Å². The van der Waals surface area contributed by atoms with Gasteiger partial charge in [-0.3, -0.25) is 19.8 Å². The van der Waals surface area contributed by atoms with Crippen LogP contribution in [-0.4, -0.2) is 42.9 Å². The molecule has 2 amide bonds. The van der Waals surface area contributed by atoms with Gasteiger partial charge in [-0.15, -0.1) is 0 Å². The molecule has 0 unspecified atom stereocenters. The lowest BCUT2D eigenvalue weighted by molar-refractivity contribution is -0.146. The lowest BCUT2D eigenvalue weighted by Crippen LogP contribution is -2.52. The van der Waals surface area contributed by atoms with Gasteiger partial charge in [-0.05, 0) is 13.0 Å². The molecule has 1 heterocycles. The Morgan fingerprint density at radius 1 is 1.33 bits per heavy atom. The molecular formula is C7H13N3O2. The maximum Gasteiger partial charge on any atom is 0.243 e. The van der Waals surface area contributed by atoms with Crippen LogP contribution in [0.25, 0.3) is 0 Å². The molecule has 0 aromatic carbocycles. The number of piperazine rings is 1. The summed E-state index contributed by atoms with van der Waals surface area (Å²) >= 11 is 0. The maximum absolute atomic E-state index is 11.1. The summed E-state index contributed by atoms with van der Waals surface area (Å²) < 4.78 is 0. The molecule has 0 atom stereocenters. The molecule has 0 aromatic heterocycles. The van der Waals surface area contributed by atoms with Gasteiger partial charge in [0.1, 0.15) is 0 Å². The van der Waals surface area contributed by atoms with Gasteiger partial charge in [0.05, 0.1) is 13.1 Å². The number of rotatable bonds is 3. The van der Waals surface area contributed by atoms with Gasteiger partial charge in [0.15, 0.2) is 0 Å². The number of hydrogen-bond acceptors (Lipinski definition) is 4. The summed E-state index contributed by atoms with van der Waals surface area (Å²) in [5.41, 5.74) is 5.27. The third-order valence-corrected chi connectivity index (χ3v) is 1.74. The Morgan fingerprint density at radius 3 is 2.42 bits per heavy atom. The van der Waals surface area contributed by atoms with Crippen LogP contribution in [0.4, 0.5) is 0 Å². The fraction of sp³-hybridized carbons (Fsp3) is 0.714. The van der Waals surface area contributed by atoms with Crippen molar-refractivity contribution >= 4 is 11.8 Å². The lowest BCUT2D eigenvalue weighted by atomic mass is 10.3. The summed E-state index contributed by atoms with van der Waals surface area (Å²) in [7, 11) is 0. The second-order valence-electron chi connectivity index (χ2n) is 2.68. The number of nitrogens with two attached hydrogens (primary N) is 1. The van der Waals surface area contributed by atoms with Gasteiger partial charge in [0.25, 0.3) is 0 Å². The molecular weight excluding hydrogens is 158 g/mol. The summed E-state index contributed by atoms with van der Waals surface area (Å²) in [4.78, 5) is 23.5. The average Bonchev–Trinajstić information content (AvgIpc) is 2.04. The van der Waals surface area contributed by atoms with Gasteiger partial charge in [-0.25, -0.2) is 0 Å². The normalized spacial score (nSPS) is 18.6. The number of carbonyl (C=O) groups is 2. The Hall–Kier alpha value is -0.940. The number of carbonyl (C=O) groups excluding carboxylic acids is 2.